The molecule has 0 bridgehead atoms. The largest absolute Gasteiger partial charge is 0.396 e. The zero-order valence-electron chi connectivity index (χ0n) is 10.2. The third-order valence-corrected chi connectivity index (χ3v) is 2.40. The molecule has 0 unspecified atom stereocenters. The minimum absolute atomic E-state index is 0.0977. The van der Waals surface area contributed by atoms with E-state index >= 15 is 0 Å². The molecule has 5 nitrogen and oxygen atoms in total. The van der Waals surface area contributed by atoms with Gasteiger partial charge in [0.05, 0.1) is 11.4 Å². The summed E-state index contributed by atoms with van der Waals surface area (Å²) in [6.45, 7) is 4.12. The van der Waals surface area contributed by atoms with Gasteiger partial charge in [-0.05, 0) is 12.2 Å². The summed E-state index contributed by atoms with van der Waals surface area (Å²) in [6, 6.07) is 5.30. The highest BCUT2D eigenvalue weighted by atomic mass is 15.1. The molecule has 1 aliphatic rings. The molecule has 1 heterocycles. The molecule has 0 aliphatic carbocycles. The fourth-order valence-electron chi connectivity index (χ4n) is 1.53. The molecule has 0 spiro atoms. The van der Waals surface area contributed by atoms with Gasteiger partial charge in [-0.15, -0.1) is 6.58 Å². The molecule has 0 fully saturated rings. The zero-order chi connectivity index (χ0) is 14.3. The van der Waals surface area contributed by atoms with Crippen LogP contribution in [0.1, 0.15) is 0 Å². The third kappa shape index (κ3) is 2.91. The van der Waals surface area contributed by atoms with Gasteiger partial charge in [-0.25, -0.2) is 0 Å². The highest BCUT2D eigenvalue weighted by molar-refractivity contribution is 5.56. The van der Waals surface area contributed by atoms with E-state index in [1.165, 1.54) is 0 Å². The number of hydrogen-bond donors (Lipinski definition) is 1. The van der Waals surface area contributed by atoms with Crippen LogP contribution < -0.4 is 5.73 Å². The Hall–Kier alpha value is -3.23. The van der Waals surface area contributed by atoms with Crippen LogP contribution in [0, 0.1) is 34.0 Å². The van der Waals surface area contributed by atoms with E-state index in [1.54, 1.807) is 47.5 Å². The van der Waals surface area contributed by atoms with Crippen LogP contribution in [0.3, 0.4) is 0 Å². The molecule has 2 N–H and O–H groups in total. The van der Waals surface area contributed by atoms with Gasteiger partial charge in [-0.2, -0.15) is 15.8 Å². The van der Waals surface area contributed by atoms with Crippen LogP contribution in [0.4, 0.5) is 0 Å². The molecular formula is C14H11N5. The van der Waals surface area contributed by atoms with E-state index in [9.17, 15) is 5.26 Å². The summed E-state index contributed by atoms with van der Waals surface area (Å²) in [5, 5.41) is 26.8. The molecule has 0 aromatic rings. The number of nitrogens with two attached hydrogens (primary N) is 1. The predicted octanol–water partition coefficient (Wildman–Crippen LogP) is 1.60. The van der Waals surface area contributed by atoms with E-state index < -0.39 is 0 Å². The molecular weight excluding hydrogens is 238 g/mol. The van der Waals surface area contributed by atoms with Gasteiger partial charge < -0.3 is 10.6 Å². The van der Waals surface area contributed by atoms with E-state index in [0.29, 0.717) is 12.2 Å². The van der Waals surface area contributed by atoms with Gasteiger partial charge in [0, 0.05) is 12.7 Å². The molecule has 5 heteroatoms. The maximum absolute atomic E-state index is 9.22. The van der Waals surface area contributed by atoms with Crippen molar-refractivity contribution in [1.29, 1.82) is 15.8 Å². The summed E-state index contributed by atoms with van der Waals surface area (Å²) < 4.78 is 0. The van der Waals surface area contributed by atoms with Crippen LogP contribution in [-0.4, -0.2) is 11.4 Å². The zero-order valence-corrected chi connectivity index (χ0v) is 10.2. The SMILES string of the molecule is C=CCN1C=CC=C/C1=C(/C#N)C(N)=C(C#N)C#N. The van der Waals surface area contributed by atoms with Gasteiger partial charge in [-0.1, -0.05) is 12.2 Å². The van der Waals surface area contributed by atoms with Gasteiger partial charge in [-0.3, -0.25) is 0 Å². The molecule has 0 saturated heterocycles. The lowest BCUT2D eigenvalue weighted by Gasteiger charge is -2.23. The molecule has 1 aliphatic heterocycles. The normalized spacial score (nSPS) is 14.9. The average Bonchev–Trinajstić information content (AvgIpc) is 2.43. The van der Waals surface area contributed by atoms with Crippen molar-refractivity contribution in [3.8, 4) is 18.2 Å². The number of nitriles is 3. The Bertz CT molecular complexity index is 610. The van der Waals surface area contributed by atoms with Gasteiger partial charge in [0.2, 0.25) is 0 Å². The van der Waals surface area contributed by atoms with E-state index in [0.717, 1.165) is 0 Å². The second-order valence-electron chi connectivity index (χ2n) is 3.53. The highest BCUT2D eigenvalue weighted by Crippen LogP contribution is 2.21. The Morgan fingerprint density at radius 2 is 1.95 bits per heavy atom. The number of allylic oxidation sites excluding steroid dienone is 5. The Morgan fingerprint density at radius 1 is 1.26 bits per heavy atom. The number of hydrogen-bond acceptors (Lipinski definition) is 5. The van der Waals surface area contributed by atoms with Gasteiger partial charge >= 0.3 is 0 Å². The second-order valence-corrected chi connectivity index (χ2v) is 3.53. The van der Waals surface area contributed by atoms with E-state index in [2.05, 4.69) is 6.58 Å². The lowest BCUT2D eigenvalue weighted by atomic mass is 10.1. The summed E-state index contributed by atoms with van der Waals surface area (Å²) in [5.41, 5.74) is 5.97. The second kappa shape index (κ2) is 6.49. The van der Waals surface area contributed by atoms with Crippen molar-refractivity contribution in [3.63, 3.8) is 0 Å². The molecule has 0 atom stereocenters. The van der Waals surface area contributed by atoms with Crippen molar-refractivity contribution in [3.05, 3.63) is 59.6 Å². The first kappa shape index (κ1) is 13.8. The quantitative estimate of drug-likeness (QED) is 0.604. The van der Waals surface area contributed by atoms with Gasteiger partial charge in [0.25, 0.3) is 0 Å². The molecule has 0 aromatic carbocycles. The van der Waals surface area contributed by atoms with E-state index in [1.807, 2.05) is 6.07 Å². The standard InChI is InChI=1S/C14H11N5/c1-2-6-19-7-4-3-5-13(19)12(10-17)14(18)11(8-15)9-16/h2-5,7H,1,6,18H2/b13-12+. The molecule has 0 aromatic heterocycles. The maximum atomic E-state index is 9.22. The Morgan fingerprint density at radius 3 is 2.47 bits per heavy atom. The van der Waals surface area contributed by atoms with Crippen molar-refractivity contribution < 1.29 is 0 Å². The van der Waals surface area contributed by atoms with Crippen molar-refractivity contribution in [2.24, 2.45) is 5.73 Å². The average molecular weight is 249 g/mol. The van der Waals surface area contributed by atoms with E-state index in [4.69, 9.17) is 16.3 Å². The van der Waals surface area contributed by atoms with Gasteiger partial charge in [0.15, 0.2) is 5.57 Å². The Labute approximate surface area is 111 Å². The van der Waals surface area contributed by atoms with Crippen molar-refractivity contribution in [2.75, 3.05) is 6.54 Å². The monoisotopic (exact) mass is 249 g/mol. The fraction of sp³-hybridized carbons (Fsp3) is 0.0714. The number of nitrogens with zero attached hydrogens (tertiary/aromatic N) is 4. The molecule has 0 amide bonds. The summed E-state index contributed by atoms with van der Waals surface area (Å²) in [4.78, 5) is 1.75. The summed E-state index contributed by atoms with van der Waals surface area (Å²) in [6.07, 6.45) is 8.69. The molecule has 92 valence electrons. The Kier molecular flexibility index (Phi) is 4.73. The topological polar surface area (TPSA) is 101 Å². The fourth-order valence-corrected chi connectivity index (χ4v) is 1.53. The predicted molar refractivity (Wildman–Crippen MR) is 70.3 cm³/mol. The van der Waals surface area contributed by atoms with Crippen LogP contribution in [-0.2, 0) is 0 Å². The van der Waals surface area contributed by atoms with Crippen molar-refractivity contribution >= 4 is 0 Å². The molecule has 1 rings (SSSR count). The lowest BCUT2D eigenvalue weighted by molar-refractivity contribution is 0.526. The molecule has 19 heavy (non-hydrogen) atoms. The van der Waals surface area contributed by atoms with Gasteiger partial charge in [0.1, 0.15) is 23.8 Å². The maximum Gasteiger partial charge on any atom is 0.153 e. The van der Waals surface area contributed by atoms with Crippen LogP contribution in [0.25, 0.3) is 0 Å². The Balaban J connectivity index is 3.44. The smallest absolute Gasteiger partial charge is 0.153 e. The minimum atomic E-state index is -0.273. The summed E-state index contributed by atoms with van der Waals surface area (Å²) in [5.74, 6) is 0. The van der Waals surface area contributed by atoms with Crippen molar-refractivity contribution in [1.82, 2.24) is 4.90 Å². The lowest BCUT2D eigenvalue weighted by Crippen LogP contribution is -2.20. The first-order chi connectivity index (χ1) is 9.19. The summed E-state index contributed by atoms with van der Waals surface area (Å²) >= 11 is 0. The molecule has 0 radical (unpaired) electrons. The first-order valence-electron chi connectivity index (χ1n) is 5.36. The van der Waals surface area contributed by atoms with Crippen LogP contribution in [0.5, 0.6) is 0 Å². The van der Waals surface area contributed by atoms with Crippen LogP contribution >= 0.6 is 0 Å². The van der Waals surface area contributed by atoms with Crippen LogP contribution in [0.15, 0.2) is 59.6 Å². The van der Waals surface area contributed by atoms with Crippen LogP contribution in [0.2, 0.25) is 0 Å². The summed E-state index contributed by atoms with van der Waals surface area (Å²) in [7, 11) is 0. The minimum Gasteiger partial charge on any atom is -0.396 e. The number of rotatable bonds is 3. The van der Waals surface area contributed by atoms with E-state index in [-0.39, 0.29) is 16.8 Å². The first-order valence-corrected chi connectivity index (χ1v) is 5.36. The van der Waals surface area contributed by atoms with Crippen molar-refractivity contribution in [2.45, 2.75) is 0 Å². The highest BCUT2D eigenvalue weighted by Gasteiger charge is 2.16. The third-order valence-electron chi connectivity index (χ3n) is 2.40. The molecule has 0 saturated carbocycles.